The molecule has 6 aliphatic rings. The highest BCUT2D eigenvalue weighted by atomic mass is 16.7. The van der Waals surface area contributed by atoms with Gasteiger partial charge in [0.05, 0.1) is 37.4 Å². The molecule has 1 spiro atoms. The maximum atomic E-state index is 17.0. The van der Waals surface area contributed by atoms with Crippen LogP contribution in [0.3, 0.4) is 0 Å². The number of aliphatic hydroxyl groups is 2. The quantitative estimate of drug-likeness (QED) is 0.0648. The second-order valence-corrected chi connectivity index (χ2v) is 22.0. The van der Waals surface area contributed by atoms with Gasteiger partial charge in [0.2, 0.25) is 18.6 Å². The number of carbonyl (C=O) groups excluding carboxylic acids is 5. The van der Waals surface area contributed by atoms with Crippen LogP contribution in [0.1, 0.15) is 104 Å². The van der Waals surface area contributed by atoms with Crippen molar-refractivity contribution in [3.8, 4) is 29.1 Å². The fourth-order valence-electron chi connectivity index (χ4n) is 12.9. The normalized spacial score (nSPS) is 24.5. The third-order valence-electron chi connectivity index (χ3n) is 16.8. The van der Waals surface area contributed by atoms with Gasteiger partial charge in [-0.2, -0.15) is 0 Å². The van der Waals surface area contributed by atoms with Gasteiger partial charge in [0.1, 0.15) is 41.6 Å². The number of rotatable bonds is 12. The first-order valence-corrected chi connectivity index (χ1v) is 27.8. The molecule has 5 aromatic carbocycles. The second-order valence-electron chi connectivity index (χ2n) is 22.0. The molecular weight excluding hydrogens is 1020 g/mol. The van der Waals surface area contributed by atoms with Crippen LogP contribution in [0.25, 0.3) is 0 Å². The number of hydrogen-bond acceptors (Lipinski definition) is 14. The molecule has 4 amide bonds. The molecule has 0 aromatic heterocycles. The Bertz CT molecular complexity index is 3180. The lowest BCUT2D eigenvalue weighted by Gasteiger charge is -2.46. The van der Waals surface area contributed by atoms with Crippen molar-refractivity contribution in [1.29, 1.82) is 0 Å². The van der Waals surface area contributed by atoms with Crippen molar-refractivity contribution < 1.29 is 57.9 Å². The zero-order valence-corrected chi connectivity index (χ0v) is 45.3. The van der Waals surface area contributed by atoms with Crippen LogP contribution in [0.15, 0.2) is 121 Å². The summed E-state index contributed by atoms with van der Waals surface area (Å²) in [7, 11) is 1.22. The molecule has 1 saturated carbocycles. The van der Waals surface area contributed by atoms with Gasteiger partial charge in [0.25, 0.3) is 0 Å². The number of amides is 4. The Kier molecular flexibility index (Phi) is 15.4. The predicted molar refractivity (Wildman–Crippen MR) is 294 cm³/mol. The van der Waals surface area contributed by atoms with Gasteiger partial charge in [-0.1, -0.05) is 117 Å². The van der Waals surface area contributed by atoms with E-state index < -0.39 is 82.9 Å². The van der Waals surface area contributed by atoms with Gasteiger partial charge in [-0.3, -0.25) is 24.2 Å². The summed E-state index contributed by atoms with van der Waals surface area (Å²) in [6.07, 6.45) is 3.59. The van der Waals surface area contributed by atoms with Gasteiger partial charge in [0.15, 0.2) is 11.5 Å². The molecule has 5 aromatic rings. The molecule has 5 heterocycles. The number of cyclic esters (lactones) is 1. The molecule has 3 saturated heterocycles. The monoisotopic (exact) mass is 1090 g/mol. The van der Waals surface area contributed by atoms with Gasteiger partial charge in [-0.05, 0) is 102 Å². The van der Waals surface area contributed by atoms with E-state index in [2.05, 4.69) is 22.1 Å². The van der Waals surface area contributed by atoms with Crippen LogP contribution in [0.5, 0.6) is 17.2 Å². The molecule has 17 heteroatoms. The van der Waals surface area contributed by atoms with E-state index in [-0.39, 0.29) is 44.3 Å². The number of anilines is 1. The summed E-state index contributed by atoms with van der Waals surface area (Å²) in [5.74, 6) is 3.45. The third kappa shape index (κ3) is 10.0. The highest BCUT2D eigenvalue weighted by Gasteiger charge is 2.76. The van der Waals surface area contributed by atoms with Crippen LogP contribution in [0, 0.1) is 23.7 Å². The van der Waals surface area contributed by atoms with E-state index in [1.807, 2.05) is 83.8 Å². The highest BCUT2D eigenvalue weighted by molar-refractivity contribution is 6.25. The molecule has 0 radical (unpaired) electrons. The molecule has 80 heavy (non-hydrogen) atoms. The maximum absolute atomic E-state index is 17.0. The average molecular weight is 1090 g/mol. The van der Waals surface area contributed by atoms with Crippen LogP contribution >= 0.6 is 0 Å². The fraction of sp³-hybridized carbons (Fsp3) is 0.413. The summed E-state index contributed by atoms with van der Waals surface area (Å²) in [5.41, 5.74) is 0.344. The molecule has 3 N–H and O–H groups in total. The van der Waals surface area contributed by atoms with Gasteiger partial charge in [-0.25, -0.2) is 14.5 Å². The number of fused-ring (bicyclic) bond motifs is 4. The number of piperazine rings is 1. The molecule has 4 fully saturated rings. The average Bonchev–Trinajstić information content (AvgIpc) is 1.90. The topological polar surface area (TPSA) is 197 Å². The van der Waals surface area contributed by atoms with E-state index in [4.69, 9.17) is 23.7 Å². The Labute approximate surface area is 465 Å². The summed E-state index contributed by atoms with van der Waals surface area (Å²) in [4.78, 5) is 85.2. The number of hydrogen-bond donors (Lipinski definition) is 3. The number of carbonyl (C=O) groups is 5. The number of aliphatic hydroxyl groups excluding tert-OH is 1. The van der Waals surface area contributed by atoms with Crippen LogP contribution < -0.4 is 24.4 Å². The number of benzene rings is 5. The van der Waals surface area contributed by atoms with Crippen molar-refractivity contribution in [3.05, 3.63) is 155 Å². The lowest BCUT2D eigenvalue weighted by Crippen LogP contribution is -2.59. The summed E-state index contributed by atoms with van der Waals surface area (Å²) in [5, 5.41) is 24.4. The number of nitrogens with one attached hydrogen (secondary N) is 1. The summed E-state index contributed by atoms with van der Waals surface area (Å²) < 4.78 is 29.0. The smallest absolute Gasteiger partial charge is 0.329 e. The van der Waals surface area contributed by atoms with Crippen LogP contribution in [0.4, 0.5) is 10.5 Å². The summed E-state index contributed by atoms with van der Waals surface area (Å²) in [6, 6.07) is 31.3. The van der Waals surface area contributed by atoms with E-state index in [0.717, 1.165) is 41.7 Å². The van der Waals surface area contributed by atoms with Crippen molar-refractivity contribution in [1.82, 2.24) is 20.0 Å². The van der Waals surface area contributed by atoms with Gasteiger partial charge in [0, 0.05) is 38.3 Å². The minimum Gasteiger partial charge on any atom is -0.491 e. The molecule has 7 atom stereocenters. The standard InChI is InChI=1S/C63H67N5O12/c1-40(2)52(58(71)76-3)64-61(74)67-48-24-18-41(26-29-62(75)27-12-4-5-13-28-62)36-47(48)63(60(67)73)51(57(70)66-32-30-65(31-33-66)38-42-19-25-49-50(37-42)79-39-78-49)54-59(72)80-55(44-16-10-7-11-17-44)53(43-14-8-6-9-15-43)68(54)56(63)45-20-22-46(23-21-45)77-35-34-69/h6-11,14-25,36-37,40,51-56,69,75H,4-5,12-13,27-28,30-35,38-39H2,1-3H3,(H,64,74). The van der Waals surface area contributed by atoms with E-state index in [1.54, 1.807) is 61.2 Å². The predicted octanol–water partition coefficient (Wildman–Crippen LogP) is 7.14. The molecular formula is C63H67N5O12. The van der Waals surface area contributed by atoms with E-state index in [1.165, 1.54) is 7.11 Å². The zero-order valence-electron chi connectivity index (χ0n) is 45.3. The Morgan fingerprint density at radius 1 is 0.787 bits per heavy atom. The minimum atomic E-state index is -2.11. The van der Waals surface area contributed by atoms with Crippen molar-refractivity contribution in [2.24, 2.45) is 11.8 Å². The van der Waals surface area contributed by atoms with Crippen LogP contribution in [-0.4, -0.2) is 126 Å². The summed E-state index contributed by atoms with van der Waals surface area (Å²) >= 11 is 0. The number of nitrogens with zero attached hydrogens (tertiary/aromatic N) is 4. The number of morpholine rings is 1. The number of methoxy groups -OCH3 is 1. The number of esters is 2. The van der Waals surface area contributed by atoms with Crippen molar-refractivity contribution in [2.45, 2.75) is 100 Å². The van der Waals surface area contributed by atoms with E-state index >= 15 is 19.2 Å². The molecule has 11 rings (SSSR count). The van der Waals surface area contributed by atoms with Gasteiger partial charge in [-0.15, -0.1) is 0 Å². The first kappa shape index (κ1) is 54.2. The van der Waals surface area contributed by atoms with Crippen molar-refractivity contribution in [3.63, 3.8) is 0 Å². The summed E-state index contributed by atoms with van der Waals surface area (Å²) in [6.45, 7) is 5.36. The van der Waals surface area contributed by atoms with Gasteiger partial charge < -0.3 is 44.1 Å². The second kappa shape index (κ2) is 22.8. The maximum Gasteiger partial charge on any atom is 0.329 e. The Hall–Kier alpha value is -7.75. The van der Waals surface area contributed by atoms with E-state index in [0.29, 0.717) is 66.4 Å². The zero-order chi connectivity index (χ0) is 55.7. The Morgan fingerprint density at radius 3 is 2.15 bits per heavy atom. The number of ether oxygens (including phenoxy) is 5. The number of urea groups is 1. The molecule has 416 valence electrons. The first-order valence-electron chi connectivity index (χ1n) is 27.8. The minimum absolute atomic E-state index is 0.0138. The Morgan fingerprint density at radius 2 is 1.48 bits per heavy atom. The molecule has 5 aliphatic heterocycles. The SMILES string of the molecule is COC(=O)C(NC(=O)N1C(=O)C2(c3cc(C#CC4(O)CCCCCC4)ccc31)C(C(=O)N1CCN(Cc3ccc4c(c3)OCO4)CC1)C1C(=O)OC(c3ccccc3)C(c3ccccc3)N1C2c1ccc(OCCO)cc1)C(C)C. The fourth-order valence-corrected chi connectivity index (χ4v) is 12.9. The molecule has 1 aliphatic carbocycles. The molecule has 17 nitrogen and oxygen atoms in total. The van der Waals surface area contributed by atoms with Gasteiger partial charge >= 0.3 is 18.0 Å². The Balaban J connectivity index is 1.13. The van der Waals surface area contributed by atoms with Crippen LogP contribution in [0.2, 0.25) is 0 Å². The third-order valence-corrected chi connectivity index (χ3v) is 16.8. The van der Waals surface area contributed by atoms with E-state index in [9.17, 15) is 15.0 Å². The van der Waals surface area contributed by atoms with Crippen molar-refractivity contribution in [2.75, 3.05) is 58.2 Å². The molecule has 0 bridgehead atoms. The van der Waals surface area contributed by atoms with Crippen molar-refractivity contribution >= 4 is 35.5 Å². The largest absolute Gasteiger partial charge is 0.491 e. The molecule has 7 unspecified atom stereocenters. The highest BCUT2D eigenvalue weighted by Crippen LogP contribution is 2.66. The lowest BCUT2D eigenvalue weighted by molar-refractivity contribution is -0.179. The first-order chi connectivity index (χ1) is 38.8. The lowest BCUT2D eigenvalue weighted by atomic mass is 9.64. The van der Waals surface area contributed by atoms with Crippen LogP contribution in [-0.2, 0) is 40.6 Å². The number of imide groups is 1.